The summed E-state index contributed by atoms with van der Waals surface area (Å²) in [5.41, 5.74) is 7.55. The summed E-state index contributed by atoms with van der Waals surface area (Å²) in [5, 5.41) is 0. The van der Waals surface area contributed by atoms with Crippen LogP contribution in [0.15, 0.2) is 35.2 Å². The average Bonchev–Trinajstić information content (AvgIpc) is 3.09. The molecule has 1 aromatic carbocycles. The molecule has 2 N–H and O–H groups in total. The Balaban J connectivity index is 1.97. The van der Waals surface area contributed by atoms with Crippen molar-refractivity contribution < 1.29 is 9.13 Å². The zero-order valence-corrected chi connectivity index (χ0v) is 12.4. The molecule has 0 bridgehead atoms. The van der Waals surface area contributed by atoms with Gasteiger partial charge in [-0.15, -0.1) is 0 Å². The van der Waals surface area contributed by atoms with Crippen molar-refractivity contribution in [1.82, 2.24) is 9.55 Å². The van der Waals surface area contributed by atoms with Gasteiger partial charge in [0.15, 0.2) is 0 Å². The molecule has 0 radical (unpaired) electrons. The van der Waals surface area contributed by atoms with E-state index in [1.54, 1.807) is 29.2 Å². The molecule has 3 rings (SSSR count). The fourth-order valence-corrected chi connectivity index (χ4v) is 2.84. The van der Waals surface area contributed by atoms with Gasteiger partial charge >= 0.3 is 0 Å². The van der Waals surface area contributed by atoms with Crippen LogP contribution in [0.5, 0.6) is 0 Å². The Morgan fingerprint density at radius 1 is 1.50 bits per heavy atom. The first kappa shape index (κ1) is 13.7. The van der Waals surface area contributed by atoms with E-state index in [2.05, 4.69) is 20.9 Å². The molecule has 1 saturated heterocycles. The van der Waals surface area contributed by atoms with Crippen molar-refractivity contribution in [3.8, 4) is 5.69 Å². The lowest BCUT2D eigenvalue weighted by molar-refractivity contribution is 0.180. The SMILES string of the molecule is NC(c1cncn1-c1ccc(Br)cc1F)C1CCOC1. The average molecular weight is 340 g/mol. The molecule has 20 heavy (non-hydrogen) atoms. The first-order valence-electron chi connectivity index (χ1n) is 6.48. The number of halogens is 2. The third-order valence-electron chi connectivity index (χ3n) is 3.65. The van der Waals surface area contributed by atoms with E-state index in [1.165, 1.54) is 6.07 Å². The molecule has 2 atom stereocenters. The summed E-state index contributed by atoms with van der Waals surface area (Å²) in [6.45, 7) is 1.38. The number of imidazole rings is 1. The number of hydrogen-bond acceptors (Lipinski definition) is 3. The number of nitrogens with zero attached hydrogens (tertiary/aromatic N) is 2. The Bertz CT molecular complexity index is 610. The minimum atomic E-state index is -0.312. The number of benzene rings is 1. The van der Waals surface area contributed by atoms with Gasteiger partial charge in [-0.25, -0.2) is 9.37 Å². The van der Waals surface area contributed by atoms with Crippen LogP contribution >= 0.6 is 15.9 Å². The molecular formula is C14H15BrFN3O. The highest BCUT2D eigenvalue weighted by Gasteiger charge is 2.27. The van der Waals surface area contributed by atoms with Crippen molar-refractivity contribution in [2.24, 2.45) is 11.7 Å². The van der Waals surface area contributed by atoms with Crippen LogP contribution in [0, 0.1) is 11.7 Å². The van der Waals surface area contributed by atoms with Gasteiger partial charge in [0.25, 0.3) is 0 Å². The number of ether oxygens (including phenoxy) is 1. The Labute approximate surface area is 124 Å². The zero-order chi connectivity index (χ0) is 14.1. The van der Waals surface area contributed by atoms with E-state index < -0.39 is 0 Å². The Morgan fingerprint density at radius 3 is 3.05 bits per heavy atom. The smallest absolute Gasteiger partial charge is 0.148 e. The van der Waals surface area contributed by atoms with Crippen LogP contribution in [0.25, 0.3) is 5.69 Å². The van der Waals surface area contributed by atoms with E-state index in [0.29, 0.717) is 16.8 Å². The van der Waals surface area contributed by atoms with Gasteiger partial charge in [0.1, 0.15) is 5.82 Å². The van der Waals surface area contributed by atoms with Crippen molar-refractivity contribution in [3.05, 3.63) is 46.7 Å². The molecule has 2 heterocycles. The molecule has 1 fully saturated rings. The van der Waals surface area contributed by atoms with Crippen molar-refractivity contribution in [2.45, 2.75) is 12.5 Å². The summed E-state index contributed by atoms with van der Waals surface area (Å²) in [5.74, 6) is -0.0579. The second-order valence-corrected chi connectivity index (χ2v) is 5.85. The molecule has 2 aromatic rings. The van der Waals surface area contributed by atoms with Gasteiger partial charge < -0.3 is 10.5 Å². The maximum Gasteiger partial charge on any atom is 0.148 e. The summed E-state index contributed by atoms with van der Waals surface area (Å²) in [6.07, 6.45) is 4.22. The number of rotatable bonds is 3. The minimum absolute atomic E-state index is 0.206. The lowest BCUT2D eigenvalue weighted by atomic mass is 9.97. The van der Waals surface area contributed by atoms with Crippen LogP contribution in [-0.2, 0) is 4.74 Å². The fraction of sp³-hybridized carbons (Fsp3) is 0.357. The van der Waals surface area contributed by atoms with E-state index in [4.69, 9.17) is 10.5 Å². The Morgan fingerprint density at radius 2 is 2.35 bits per heavy atom. The standard InChI is InChI=1S/C14H15BrFN3O/c15-10-1-2-12(11(16)5-10)19-8-18-6-13(19)14(17)9-3-4-20-7-9/h1-2,5-6,8-9,14H,3-4,7,17H2. The molecule has 1 aliphatic rings. The summed E-state index contributed by atoms with van der Waals surface area (Å²) in [6, 6.07) is 4.74. The van der Waals surface area contributed by atoms with Gasteiger partial charge in [0.05, 0.1) is 36.6 Å². The fourth-order valence-electron chi connectivity index (χ4n) is 2.51. The van der Waals surface area contributed by atoms with Crippen LogP contribution in [0.2, 0.25) is 0 Å². The number of nitrogens with two attached hydrogens (primary N) is 1. The molecule has 1 aliphatic heterocycles. The molecule has 2 unspecified atom stereocenters. The predicted octanol–water partition coefficient (Wildman–Crippen LogP) is 2.81. The van der Waals surface area contributed by atoms with Gasteiger partial charge in [0.2, 0.25) is 0 Å². The number of aromatic nitrogens is 2. The van der Waals surface area contributed by atoms with Crippen molar-refractivity contribution in [1.29, 1.82) is 0 Å². The summed E-state index contributed by atoms with van der Waals surface area (Å²) in [4.78, 5) is 4.12. The summed E-state index contributed by atoms with van der Waals surface area (Å²) >= 11 is 3.25. The van der Waals surface area contributed by atoms with Crippen LogP contribution < -0.4 is 5.73 Å². The molecule has 0 saturated carbocycles. The molecule has 4 nitrogen and oxygen atoms in total. The topological polar surface area (TPSA) is 53.1 Å². The first-order chi connectivity index (χ1) is 9.66. The highest BCUT2D eigenvalue weighted by atomic mass is 79.9. The Kier molecular flexibility index (Phi) is 3.87. The normalized spacial score (nSPS) is 20.2. The second-order valence-electron chi connectivity index (χ2n) is 4.93. The van der Waals surface area contributed by atoms with Crippen LogP contribution in [0.1, 0.15) is 18.2 Å². The van der Waals surface area contributed by atoms with Gasteiger partial charge in [-0.05, 0) is 24.6 Å². The third kappa shape index (κ3) is 2.51. The first-order valence-corrected chi connectivity index (χ1v) is 7.27. The van der Waals surface area contributed by atoms with Gasteiger partial charge in [-0.3, -0.25) is 4.57 Å². The van der Waals surface area contributed by atoms with Gasteiger partial charge in [-0.2, -0.15) is 0 Å². The predicted molar refractivity (Wildman–Crippen MR) is 77.1 cm³/mol. The molecular weight excluding hydrogens is 325 g/mol. The van der Waals surface area contributed by atoms with E-state index in [-0.39, 0.29) is 17.8 Å². The maximum absolute atomic E-state index is 14.1. The van der Waals surface area contributed by atoms with Crippen LogP contribution in [0.3, 0.4) is 0 Å². The monoisotopic (exact) mass is 339 g/mol. The highest BCUT2D eigenvalue weighted by Crippen LogP contribution is 2.29. The summed E-state index contributed by atoms with van der Waals surface area (Å²) < 4.78 is 21.9. The van der Waals surface area contributed by atoms with Crippen molar-refractivity contribution in [2.75, 3.05) is 13.2 Å². The second kappa shape index (κ2) is 5.63. The maximum atomic E-state index is 14.1. The minimum Gasteiger partial charge on any atom is -0.381 e. The molecule has 0 aliphatic carbocycles. The van der Waals surface area contributed by atoms with E-state index >= 15 is 0 Å². The van der Waals surface area contributed by atoms with Gasteiger partial charge in [0, 0.05) is 17.0 Å². The van der Waals surface area contributed by atoms with Crippen LogP contribution in [0.4, 0.5) is 4.39 Å². The van der Waals surface area contributed by atoms with Crippen molar-refractivity contribution in [3.63, 3.8) is 0 Å². The highest BCUT2D eigenvalue weighted by molar-refractivity contribution is 9.10. The van der Waals surface area contributed by atoms with Crippen molar-refractivity contribution >= 4 is 15.9 Å². The lowest BCUT2D eigenvalue weighted by Crippen LogP contribution is -2.24. The molecule has 6 heteroatoms. The molecule has 1 aromatic heterocycles. The lowest BCUT2D eigenvalue weighted by Gasteiger charge is -2.19. The zero-order valence-electron chi connectivity index (χ0n) is 10.8. The van der Waals surface area contributed by atoms with E-state index in [1.807, 2.05) is 0 Å². The molecule has 0 spiro atoms. The Hall–Kier alpha value is -1.24. The van der Waals surface area contributed by atoms with Crippen LogP contribution in [-0.4, -0.2) is 22.8 Å². The molecule has 106 valence electrons. The summed E-state index contributed by atoms with van der Waals surface area (Å²) in [7, 11) is 0. The van der Waals surface area contributed by atoms with Gasteiger partial charge in [-0.1, -0.05) is 15.9 Å². The quantitative estimate of drug-likeness (QED) is 0.935. The number of hydrogen-bond donors (Lipinski definition) is 1. The molecule has 0 amide bonds. The van der Waals surface area contributed by atoms with E-state index in [0.717, 1.165) is 18.7 Å². The van der Waals surface area contributed by atoms with E-state index in [9.17, 15) is 4.39 Å². The third-order valence-corrected chi connectivity index (χ3v) is 4.14. The largest absolute Gasteiger partial charge is 0.381 e.